The summed E-state index contributed by atoms with van der Waals surface area (Å²) in [6.45, 7) is 1.99. The number of rotatable bonds is 11. The summed E-state index contributed by atoms with van der Waals surface area (Å²) in [5.41, 5.74) is 6.06. The van der Waals surface area contributed by atoms with Gasteiger partial charge in [-0.15, -0.1) is 0 Å². The highest BCUT2D eigenvalue weighted by atomic mass is 16.4. The zero-order valence-corrected chi connectivity index (χ0v) is 17.0. The van der Waals surface area contributed by atoms with Crippen molar-refractivity contribution in [2.45, 2.75) is 82.8 Å². The first-order valence-corrected chi connectivity index (χ1v) is 10.5. The molecule has 0 radical (unpaired) electrons. The third-order valence-electron chi connectivity index (χ3n) is 5.84. The molecule has 0 spiro atoms. The normalized spacial score (nSPS) is 21.4. The molecule has 29 heavy (non-hydrogen) atoms. The predicted octanol–water partition coefficient (Wildman–Crippen LogP) is 2.73. The van der Waals surface area contributed by atoms with Crippen LogP contribution in [0.25, 0.3) is 0 Å². The lowest BCUT2D eigenvalue weighted by Gasteiger charge is -2.30. The predicted molar refractivity (Wildman–Crippen MR) is 109 cm³/mol. The Hall–Kier alpha value is -2.19. The largest absolute Gasteiger partial charge is 0.480 e. The molecule has 1 aromatic heterocycles. The average Bonchev–Trinajstić information content (AvgIpc) is 3.18. The zero-order chi connectivity index (χ0) is 21.4. The minimum Gasteiger partial charge on any atom is -0.480 e. The number of aliphatic carboxylic acids is 1. The Bertz CT molecular complexity index is 702. The molecule has 0 unspecified atom stereocenters. The Kier molecular flexibility index (Phi) is 8.85. The van der Waals surface area contributed by atoms with Crippen molar-refractivity contribution in [1.82, 2.24) is 9.88 Å². The molecule has 1 aromatic rings. The molecule has 4 atom stereocenters. The molecular weight excluding hydrogens is 374 g/mol. The molecule has 0 saturated heterocycles. The highest BCUT2D eigenvalue weighted by Crippen LogP contribution is 2.27. The van der Waals surface area contributed by atoms with E-state index in [1.54, 1.807) is 0 Å². The topological polar surface area (TPSA) is 135 Å². The Morgan fingerprint density at radius 1 is 1.21 bits per heavy atom. The van der Waals surface area contributed by atoms with Crippen LogP contribution < -0.4 is 11.1 Å². The van der Waals surface area contributed by atoms with Gasteiger partial charge in [0, 0.05) is 12.2 Å². The molecule has 0 bridgehead atoms. The third kappa shape index (κ3) is 6.40. The van der Waals surface area contributed by atoms with Crippen LogP contribution in [-0.2, 0) is 4.79 Å². The summed E-state index contributed by atoms with van der Waals surface area (Å²) >= 11 is 0. The van der Waals surface area contributed by atoms with Crippen molar-refractivity contribution < 1.29 is 24.6 Å². The molecule has 1 aliphatic rings. The smallest absolute Gasteiger partial charge is 0.352 e. The van der Waals surface area contributed by atoms with Crippen LogP contribution in [0.5, 0.6) is 0 Å². The van der Waals surface area contributed by atoms with Gasteiger partial charge in [0.05, 0.1) is 6.04 Å². The van der Waals surface area contributed by atoms with Crippen molar-refractivity contribution in [2.75, 3.05) is 0 Å². The van der Waals surface area contributed by atoms with E-state index in [0.717, 1.165) is 43.1 Å². The van der Waals surface area contributed by atoms with E-state index in [1.165, 1.54) is 18.3 Å². The molecule has 1 saturated carbocycles. The maximum absolute atomic E-state index is 13.0. The summed E-state index contributed by atoms with van der Waals surface area (Å²) in [6.07, 6.45) is 8.73. The van der Waals surface area contributed by atoms with E-state index in [4.69, 9.17) is 5.73 Å². The second-order valence-electron chi connectivity index (χ2n) is 7.94. The number of carbonyl (C=O) groups is 3. The van der Waals surface area contributed by atoms with E-state index >= 15 is 0 Å². The molecular formula is C21H33N3O5. The number of hydrogen-bond acceptors (Lipinski definition) is 5. The second-order valence-corrected chi connectivity index (χ2v) is 7.94. The van der Waals surface area contributed by atoms with Crippen LogP contribution >= 0.6 is 0 Å². The zero-order valence-electron chi connectivity index (χ0n) is 17.0. The molecule has 8 heteroatoms. The van der Waals surface area contributed by atoms with Crippen LogP contribution in [0.15, 0.2) is 18.3 Å². The van der Waals surface area contributed by atoms with Gasteiger partial charge in [-0.25, -0.2) is 4.79 Å². The van der Waals surface area contributed by atoms with Gasteiger partial charge in [0.25, 0.3) is 0 Å². The van der Waals surface area contributed by atoms with Crippen molar-refractivity contribution in [2.24, 2.45) is 11.7 Å². The summed E-state index contributed by atoms with van der Waals surface area (Å²) in [5, 5.41) is 22.0. The fourth-order valence-corrected chi connectivity index (χ4v) is 4.10. The maximum Gasteiger partial charge on any atom is 0.352 e. The first-order chi connectivity index (χ1) is 13.8. The van der Waals surface area contributed by atoms with E-state index in [9.17, 15) is 24.6 Å². The molecule has 5 N–H and O–H groups in total. The van der Waals surface area contributed by atoms with Gasteiger partial charge in [-0.1, -0.05) is 32.6 Å². The van der Waals surface area contributed by atoms with E-state index in [1.807, 2.05) is 6.92 Å². The summed E-state index contributed by atoms with van der Waals surface area (Å²) in [7, 11) is 0. The van der Waals surface area contributed by atoms with Crippen molar-refractivity contribution in [3.63, 3.8) is 0 Å². The van der Waals surface area contributed by atoms with Crippen molar-refractivity contribution in [3.05, 3.63) is 24.0 Å². The van der Waals surface area contributed by atoms with Crippen LogP contribution in [0.1, 0.15) is 80.0 Å². The number of carboxylic acid groups (broad SMARTS) is 2. The van der Waals surface area contributed by atoms with Crippen molar-refractivity contribution in [3.8, 4) is 0 Å². The average molecular weight is 408 g/mol. The first kappa shape index (κ1) is 23.1. The second kappa shape index (κ2) is 11.1. The number of nitrogens with one attached hydrogen (secondary N) is 1. The van der Waals surface area contributed by atoms with Crippen molar-refractivity contribution in [1.29, 1.82) is 0 Å². The number of carboxylic acids is 2. The molecule has 1 aliphatic carbocycles. The van der Waals surface area contributed by atoms with Gasteiger partial charge in [0.2, 0.25) is 5.91 Å². The van der Waals surface area contributed by atoms with E-state index in [2.05, 4.69) is 5.32 Å². The van der Waals surface area contributed by atoms with Gasteiger partial charge < -0.3 is 15.9 Å². The summed E-state index contributed by atoms with van der Waals surface area (Å²) < 4.78 is 1.09. The quantitative estimate of drug-likeness (QED) is 0.443. The maximum atomic E-state index is 13.0. The number of nitrogens with zero attached hydrogens (tertiary/aromatic N) is 1. The summed E-state index contributed by atoms with van der Waals surface area (Å²) in [5.74, 6) is -2.34. The van der Waals surface area contributed by atoms with E-state index in [-0.39, 0.29) is 11.7 Å². The van der Waals surface area contributed by atoms with Crippen LogP contribution in [0.2, 0.25) is 0 Å². The summed E-state index contributed by atoms with van der Waals surface area (Å²) in [6, 6.07) is 1.32. The molecule has 162 valence electrons. The molecule has 1 fully saturated rings. The van der Waals surface area contributed by atoms with Gasteiger partial charge in [-0.3, -0.25) is 19.5 Å². The van der Waals surface area contributed by atoms with Crippen LogP contribution in [0.4, 0.5) is 0 Å². The lowest BCUT2D eigenvalue weighted by atomic mass is 9.81. The molecule has 0 amide bonds. The SMILES string of the molecule is CCCC[C@H](N[C@@H](CC[C@@H]1CCCC[C@@H]1N)C(=O)O)C(=O)n1cccc1C(=O)O. The van der Waals surface area contributed by atoms with E-state index in [0.29, 0.717) is 25.2 Å². The van der Waals surface area contributed by atoms with Crippen LogP contribution in [0, 0.1) is 5.92 Å². The minimum absolute atomic E-state index is 0.105. The van der Waals surface area contributed by atoms with Crippen molar-refractivity contribution >= 4 is 17.8 Å². The van der Waals surface area contributed by atoms with Gasteiger partial charge in [-0.05, 0) is 50.2 Å². The highest BCUT2D eigenvalue weighted by molar-refractivity contribution is 5.94. The number of aromatic nitrogens is 1. The van der Waals surface area contributed by atoms with E-state index < -0.39 is 29.9 Å². The summed E-state index contributed by atoms with van der Waals surface area (Å²) in [4.78, 5) is 36.2. The molecule has 0 aliphatic heterocycles. The molecule has 1 heterocycles. The monoisotopic (exact) mass is 407 g/mol. The number of hydrogen-bond donors (Lipinski definition) is 4. The number of nitrogens with two attached hydrogens (primary N) is 1. The number of carbonyl (C=O) groups excluding carboxylic acids is 1. The van der Waals surface area contributed by atoms with Gasteiger partial charge in [-0.2, -0.15) is 0 Å². The first-order valence-electron chi connectivity index (χ1n) is 10.5. The third-order valence-corrected chi connectivity index (χ3v) is 5.84. The fraction of sp³-hybridized carbons (Fsp3) is 0.667. The number of unbranched alkanes of at least 4 members (excludes halogenated alkanes) is 1. The fourth-order valence-electron chi connectivity index (χ4n) is 4.10. The Balaban J connectivity index is 2.10. The molecule has 0 aromatic carbocycles. The molecule has 8 nitrogen and oxygen atoms in total. The van der Waals surface area contributed by atoms with Crippen LogP contribution in [0.3, 0.4) is 0 Å². The van der Waals surface area contributed by atoms with Gasteiger partial charge in [0.1, 0.15) is 11.7 Å². The van der Waals surface area contributed by atoms with Crippen LogP contribution in [-0.4, -0.2) is 50.8 Å². The molecule has 2 rings (SSSR count). The van der Waals surface area contributed by atoms with Gasteiger partial charge >= 0.3 is 11.9 Å². The lowest BCUT2D eigenvalue weighted by Crippen LogP contribution is -2.49. The minimum atomic E-state index is -1.20. The highest BCUT2D eigenvalue weighted by Gasteiger charge is 2.30. The standard InChI is InChI=1S/C21H33N3O5/c1-2-3-9-16(19(25)24-13-6-10-18(24)21(28)29)23-17(20(26)27)12-11-14-7-4-5-8-15(14)22/h6,10,13-17,23H,2-5,7-9,11-12,22H2,1H3,(H,26,27)(H,28,29)/t14-,15-,16-,17-/m0/s1. The Labute approximate surface area is 171 Å². The van der Waals surface area contributed by atoms with Gasteiger partial charge in [0.15, 0.2) is 0 Å². The number of aromatic carboxylic acids is 1. The Morgan fingerprint density at radius 2 is 1.93 bits per heavy atom. The Morgan fingerprint density at radius 3 is 2.55 bits per heavy atom. The lowest BCUT2D eigenvalue weighted by molar-refractivity contribution is -0.139.